The quantitative estimate of drug-likeness (QED) is 0.355. The summed E-state index contributed by atoms with van der Waals surface area (Å²) in [7, 11) is 1.62. The van der Waals surface area contributed by atoms with Gasteiger partial charge in [-0.05, 0) is 60.2 Å². The van der Waals surface area contributed by atoms with Crippen molar-refractivity contribution in [3.05, 3.63) is 81.5 Å². The molecule has 3 aromatic rings. The lowest BCUT2D eigenvalue weighted by atomic mass is 10.0. The van der Waals surface area contributed by atoms with E-state index in [4.69, 9.17) is 21.1 Å². The van der Waals surface area contributed by atoms with Crippen LogP contribution in [0.2, 0.25) is 5.02 Å². The van der Waals surface area contributed by atoms with Gasteiger partial charge in [0, 0.05) is 42.4 Å². The smallest absolute Gasteiger partial charge is 0.322 e. The number of benzene rings is 2. The number of methoxy groups -OCH3 is 1. The van der Waals surface area contributed by atoms with Crippen molar-refractivity contribution in [1.29, 1.82) is 0 Å². The van der Waals surface area contributed by atoms with Gasteiger partial charge in [-0.3, -0.25) is 4.79 Å². The molecule has 0 aliphatic carbocycles. The summed E-state index contributed by atoms with van der Waals surface area (Å²) in [5.41, 5.74) is 1.69. The highest BCUT2D eigenvalue weighted by atomic mass is 35.5. The van der Waals surface area contributed by atoms with E-state index in [-0.39, 0.29) is 24.5 Å². The molecule has 36 heavy (non-hydrogen) atoms. The third-order valence-corrected chi connectivity index (χ3v) is 7.26. The van der Waals surface area contributed by atoms with Gasteiger partial charge in [0.25, 0.3) is 0 Å². The zero-order valence-electron chi connectivity index (χ0n) is 20.2. The third-order valence-electron chi connectivity index (χ3n) is 6.03. The number of hydrogen-bond acceptors (Lipinski definition) is 5. The summed E-state index contributed by atoms with van der Waals surface area (Å²) in [6.45, 7) is 1.76. The van der Waals surface area contributed by atoms with Gasteiger partial charge in [0.05, 0.1) is 6.04 Å². The number of fused-ring (bicyclic) bond motifs is 1. The van der Waals surface area contributed by atoms with Crippen molar-refractivity contribution in [3.8, 4) is 5.75 Å². The first-order chi connectivity index (χ1) is 17.5. The number of urea groups is 1. The summed E-state index contributed by atoms with van der Waals surface area (Å²) in [6, 6.07) is 18.0. The predicted molar refractivity (Wildman–Crippen MR) is 143 cm³/mol. The van der Waals surface area contributed by atoms with Crippen molar-refractivity contribution in [2.75, 3.05) is 45.3 Å². The van der Waals surface area contributed by atoms with Gasteiger partial charge in [0.15, 0.2) is 0 Å². The summed E-state index contributed by atoms with van der Waals surface area (Å²) in [4.78, 5) is 31.4. The van der Waals surface area contributed by atoms with Crippen LogP contribution in [0.15, 0.2) is 66.0 Å². The molecule has 0 spiro atoms. The van der Waals surface area contributed by atoms with Gasteiger partial charge in [-0.1, -0.05) is 35.9 Å². The van der Waals surface area contributed by atoms with E-state index >= 15 is 0 Å². The Morgan fingerprint density at radius 2 is 2.00 bits per heavy atom. The lowest BCUT2D eigenvalue weighted by Gasteiger charge is -2.37. The van der Waals surface area contributed by atoms with E-state index in [1.54, 1.807) is 42.7 Å². The topological polar surface area (TPSA) is 71.1 Å². The fraction of sp³-hybridized carbons (Fsp3) is 0.333. The molecule has 1 unspecified atom stereocenters. The highest BCUT2D eigenvalue weighted by Crippen LogP contribution is 2.34. The Balaban J connectivity index is 1.48. The molecule has 0 saturated heterocycles. The van der Waals surface area contributed by atoms with E-state index in [2.05, 4.69) is 16.8 Å². The summed E-state index contributed by atoms with van der Waals surface area (Å²) in [5, 5.41) is 5.44. The number of carbonyl (C=O) groups excluding carboxylic acids is 2. The Morgan fingerprint density at radius 1 is 1.17 bits per heavy atom. The molecule has 0 bridgehead atoms. The minimum Gasteiger partial charge on any atom is -0.491 e. The summed E-state index contributed by atoms with van der Waals surface area (Å²) < 4.78 is 11.2. The average molecular weight is 528 g/mol. The van der Waals surface area contributed by atoms with Crippen LogP contribution in [0, 0.1) is 0 Å². The second kappa shape index (κ2) is 12.8. The van der Waals surface area contributed by atoms with Crippen LogP contribution >= 0.6 is 22.9 Å². The van der Waals surface area contributed by atoms with Crippen LogP contribution in [0.4, 0.5) is 10.5 Å². The van der Waals surface area contributed by atoms with Gasteiger partial charge in [-0.15, -0.1) is 11.3 Å². The van der Waals surface area contributed by atoms with Gasteiger partial charge < -0.3 is 24.6 Å². The third kappa shape index (κ3) is 6.78. The van der Waals surface area contributed by atoms with Crippen molar-refractivity contribution in [3.63, 3.8) is 0 Å². The Bertz CT molecular complexity index is 1160. The first-order valence-corrected chi connectivity index (χ1v) is 13.1. The maximum atomic E-state index is 13.6. The van der Waals surface area contributed by atoms with Crippen molar-refractivity contribution >= 4 is 40.6 Å². The monoisotopic (exact) mass is 527 g/mol. The van der Waals surface area contributed by atoms with Crippen LogP contribution in [0.5, 0.6) is 5.75 Å². The minimum atomic E-state index is -0.355. The number of ether oxygens (including phenoxy) is 2. The number of rotatable bonds is 10. The number of hydrogen-bond donors (Lipinski definition) is 1. The van der Waals surface area contributed by atoms with Crippen LogP contribution in [0.25, 0.3) is 0 Å². The number of halogens is 1. The van der Waals surface area contributed by atoms with Gasteiger partial charge in [0.2, 0.25) is 5.91 Å². The Morgan fingerprint density at radius 3 is 2.78 bits per heavy atom. The van der Waals surface area contributed by atoms with Gasteiger partial charge >= 0.3 is 6.03 Å². The lowest BCUT2D eigenvalue weighted by Crippen LogP contribution is -2.49. The number of anilines is 1. The number of amides is 3. The molecular formula is C27H30ClN3O4S. The molecule has 9 heteroatoms. The number of para-hydroxylation sites is 1. The molecule has 1 atom stereocenters. The van der Waals surface area contributed by atoms with E-state index in [0.717, 1.165) is 17.7 Å². The maximum Gasteiger partial charge on any atom is 0.322 e. The first kappa shape index (κ1) is 26.0. The van der Waals surface area contributed by atoms with E-state index in [1.165, 1.54) is 9.78 Å². The summed E-state index contributed by atoms with van der Waals surface area (Å²) >= 11 is 7.77. The van der Waals surface area contributed by atoms with Crippen molar-refractivity contribution < 1.29 is 19.1 Å². The Kier molecular flexibility index (Phi) is 9.22. The zero-order valence-corrected chi connectivity index (χ0v) is 21.8. The number of carbonyl (C=O) groups is 2. The average Bonchev–Trinajstić information content (AvgIpc) is 3.36. The first-order valence-electron chi connectivity index (χ1n) is 11.9. The minimum absolute atomic E-state index is 0.0442. The van der Waals surface area contributed by atoms with Crippen LogP contribution in [0.3, 0.4) is 0 Å². The Labute approximate surface area is 220 Å². The van der Waals surface area contributed by atoms with Crippen LogP contribution < -0.4 is 10.1 Å². The molecule has 190 valence electrons. The standard InChI is InChI=1S/C27H30ClN3O4S/c1-34-15-6-13-30(27(33)29-21-8-5-7-20(28)17-21)18-26(32)31-14-11-25-23(12-16-36-25)24(31)19-35-22-9-3-2-4-10-22/h2-5,7-10,12,16-17,24H,6,11,13-15,18-19H2,1H3,(H,29,33). The molecule has 1 N–H and O–H groups in total. The molecule has 7 nitrogen and oxygen atoms in total. The highest BCUT2D eigenvalue weighted by Gasteiger charge is 2.33. The van der Waals surface area contributed by atoms with Crippen molar-refractivity contribution in [2.45, 2.75) is 18.9 Å². The van der Waals surface area contributed by atoms with Gasteiger partial charge in [-0.2, -0.15) is 0 Å². The van der Waals surface area contributed by atoms with E-state index in [1.807, 2.05) is 35.2 Å². The van der Waals surface area contributed by atoms with Crippen LogP contribution in [-0.2, 0) is 16.0 Å². The second-order valence-electron chi connectivity index (χ2n) is 8.48. The largest absolute Gasteiger partial charge is 0.491 e. The van der Waals surface area contributed by atoms with Crippen molar-refractivity contribution in [1.82, 2.24) is 9.80 Å². The zero-order chi connectivity index (χ0) is 25.3. The fourth-order valence-electron chi connectivity index (χ4n) is 4.24. The van der Waals surface area contributed by atoms with Crippen LogP contribution in [0.1, 0.15) is 22.9 Å². The van der Waals surface area contributed by atoms with E-state index < -0.39 is 0 Å². The molecule has 0 saturated carbocycles. The molecule has 4 rings (SSSR count). The predicted octanol–water partition coefficient (Wildman–Crippen LogP) is 5.48. The molecular weight excluding hydrogens is 498 g/mol. The highest BCUT2D eigenvalue weighted by molar-refractivity contribution is 7.10. The van der Waals surface area contributed by atoms with E-state index in [0.29, 0.717) is 43.4 Å². The van der Waals surface area contributed by atoms with Gasteiger partial charge in [-0.25, -0.2) is 4.79 Å². The SMILES string of the molecule is COCCCN(CC(=O)N1CCc2sccc2C1COc1ccccc1)C(=O)Nc1cccc(Cl)c1. The lowest BCUT2D eigenvalue weighted by molar-refractivity contribution is -0.135. The van der Waals surface area contributed by atoms with Crippen LogP contribution in [-0.4, -0.2) is 61.7 Å². The molecule has 3 amide bonds. The van der Waals surface area contributed by atoms with Crippen molar-refractivity contribution in [2.24, 2.45) is 0 Å². The maximum absolute atomic E-state index is 13.6. The summed E-state index contributed by atoms with van der Waals surface area (Å²) in [5.74, 6) is 0.640. The molecule has 1 aromatic heterocycles. The van der Waals surface area contributed by atoms with Gasteiger partial charge in [0.1, 0.15) is 18.9 Å². The normalized spacial score (nSPS) is 14.7. The fourth-order valence-corrected chi connectivity index (χ4v) is 5.36. The number of nitrogens with one attached hydrogen (secondary N) is 1. The molecule has 0 fully saturated rings. The number of nitrogens with zero attached hydrogens (tertiary/aromatic N) is 2. The molecule has 0 radical (unpaired) electrons. The Hall–Kier alpha value is -3.07. The van der Waals surface area contributed by atoms with E-state index in [9.17, 15) is 9.59 Å². The molecule has 1 aliphatic heterocycles. The second-order valence-corrected chi connectivity index (χ2v) is 9.92. The molecule has 2 aromatic carbocycles. The number of thiophene rings is 1. The molecule has 1 aliphatic rings. The molecule has 2 heterocycles. The summed E-state index contributed by atoms with van der Waals surface area (Å²) in [6.07, 6.45) is 1.40.